The van der Waals surface area contributed by atoms with Crippen molar-refractivity contribution in [2.75, 3.05) is 13.1 Å². The van der Waals surface area contributed by atoms with Crippen molar-refractivity contribution in [1.29, 1.82) is 0 Å². The number of nitrogens with zero attached hydrogens (tertiary/aromatic N) is 3. The van der Waals surface area contributed by atoms with Crippen LogP contribution in [-0.2, 0) is 6.54 Å². The van der Waals surface area contributed by atoms with Gasteiger partial charge in [-0.3, -0.25) is 14.3 Å². The predicted molar refractivity (Wildman–Crippen MR) is 96.5 cm³/mol. The number of aromatic nitrogens is 2. The van der Waals surface area contributed by atoms with E-state index in [1.807, 2.05) is 54.6 Å². The van der Waals surface area contributed by atoms with Crippen molar-refractivity contribution < 1.29 is 0 Å². The molecule has 4 rings (SSSR count). The lowest BCUT2D eigenvalue weighted by Crippen LogP contribution is -2.33. The van der Waals surface area contributed by atoms with Crippen LogP contribution in [0.4, 0.5) is 0 Å². The van der Waals surface area contributed by atoms with E-state index >= 15 is 0 Å². The van der Waals surface area contributed by atoms with E-state index in [1.165, 1.54) is 19.3 Å². The summed E-state index contributed by atoms with van der Waals surface area (Å²) in [7, 11) is 0. The predicted octanol–water partition coefficient (Wildman–Crippen LogP) is 3.37. The SMILES string of the molecule is O=c1c2ccccc2nc(CN2CCCCC2)n1-c1ccccc1. The van der Waals surface area contributed by atoms with Crippen LogP contribution in [0.5, 0.6) is 0 Å². The Morgan fingerprint density at radius 3 is 2.38 bits per heavy atom. The van der Waals surface area contributed by atoms with Crippen LogP contribution in [0, 0.1) is 0 Å². The quantitative estimate of drug-likeness (QED) is 0.743. The number of piperidine rings is 1. The molecule has 24 heavy (non-hydrogen) atoms. The van der Waals surface area contributed by atoms with Gasteiger partial charge < -0.3 is 0 Å². The standard InChI is InChI=1S/C20H21N3O/c24-20-17-11-5-6-12-18(17)21-19(15-22-13-7-2-8-14-22)23(20)16-9-3-1-4-10-16/h1,3-6,9-12H,2,7-8,13-15H2. The normalized spacial score (nSPS) is 15.7. The van der Waals surface area contributed by atoms with Gasteiger partial charge >= 0.3 is 0 Å². The molecule has 1 aliphatic heterocycles. The summed E-state index contributed by atoms with van der Waals surface area (Å²) in [5, 5.41) is 0.670. The van der Waals surface area contributed by atoms with Gasteiger partial charge in [-0.15, -0.1) is 0 Å². The summed E-state index contributed by atoms with van der Waals surface area (Å²) in [4.78, 5) is 20.3. The first kappa shape index (κ1) is 15.1. The Kier molecular flexibility index (Phi) is 4.13. The van der Waals surface area contributed by atoms with Crippen molar-refractivity contribution in [1.82, 2.24) is 14.5 Å². The van der Waals surface area contributed by atoms with E-state index in [-0.39, 0.29) is 5.56 Å². The van der Waals surface area contributed by atoms with Gasteiger partial charge in [0.15, 0.2) is 0 Å². The van der Waals surface area contributed by atoms with Crippen LogP contribution in [0.15, 0.2) is 59.4 Å². The first-order valence-corrected chi connectivity index (χ1v) is 8.61. The highest BCUT2D eigenvalue weighted by molar-refractivity contribution is 5.77. The molecule has 0 unspecified atom stereocenters. The third kappa shape index (κ3) is 2.85. The molecule has 1 aromatic heterocycles. The Morgan fingerprint density at radius 2 is 1.58 bits per heavy atom. The zero-order valence-electron chi connectivity index (χ0n) is 13.7. The number of hydrogen-bond acceptors (Lipinski definition) is 3. The Labute approximate surface area is 141 Å². The van der Waals surface area contributed by atoms with Crippen molar-refractivity contribution >= 4 is 10.9 Å². The van der Waals surface area contributed by atoms with Crippen LogP contribution in [0.1, 0.15) is 25.1 Å². The van der Waals surface area contributed by atoms with Crippen molar-refractivity contribution in [2.45, 2.75) is 25.8 Å². The van der Waals surface area contributed by atoms with E-state index in [2.05, 4.69) is 4.90 Å². The van der Waals surface area contributed by atoms with Gasteiger partial charge in [-0.2, -0.15) is 0 Å². The van der Waals surface area contributed by atoms with Gasteiger partial charge in [0.05, 0.1) is 23.1 Å². The maximum Gasteiger partial charge on any atom is 0.266 e. The average Bonchev–Trinajstić information content (AvgIpc) is 2.64. The lowest BCUT2D eigenvalue weighted by atomic mass is 10.1. The number of para-hydroxylation sites is 2. The summed E-state index contributed by atoms with van der Waals surface area (Å²) >= 11 is 0. The minimum Gasteiger partial charge on any atom is -0.296 e. The molecule has 2 heterocycles. The van der Waals surface area contributed by atoms with Crippen molar-refractivity contribution in [3.8, 4) is 5.69 Å². The minimum atomic E-state index is 0.0128. The fourth-order valence-electron chi connectivity index (χ4n) is 3.45. The lowest BCUT2D eigenvalue weighted by molar-refractivity contribution is 0.214. The molecule has 1 aliphatic rings. The summed E-state index contributed by atoms with van der Waals surface area (Å²) in [6, 6.07) is 17.4. The summed E-state index contributed by atoms with van der Waals surface area (Å²) in [5.74, 6) is 0.826. The van der Waals surface area contributed by atoms with Crippen LogP contribution in [-0.4, -0.2) is 27.5 Å². The highest BCUT2D eigenvalue weighted by atomic mass is 16.1. The molecule has 0 amide bonds. The molecule has 2 aromatic carbocycles. The van der Waals surface area contributed by atoms with E-state index in [4.69, 9.17) is 4.98 Å². The van der Waals surface area contributed by atoms with Crippen LogP contribution < -0.4 is 5.56 Å². The average molecular weight is 319 g/mol. The smallest absolute Gasteiger partial charge is 0.266 e. The molecule has 1 fully saturated rings. The molecular weight excluding hydrogens is 298 g/mol. The highest BCUT2D eigenvalue weighted by Gasteiger charge is 2.17. The van der Waals surface area contributed by atoms with Crippen molar-refractivity contribution in [2.24, 2.45) is 0 Å². The molecule has 0 atom stereocenters. The molecule has 0 saturated carbocycles. The van der Waals surface area contributed by atoms with Crippen LogP contribution in [0.25, 0.3) is 16.6 Å². The molecule has 1 saturated heterocycles. The number of benzene rings is 2. The van der Waals surface area contributed by atoms with Gasteiger partial charge in [-0.05, 0) is 50.2 Å². The van der Waals surface area contributed by atoms with Gasteiger partial charge in [0.1, 0.15) is 5.82 Å². The van der Waals surface area contributed by atoms with Crippen LogP contribution in [0.2, 0.25) is 0 Å². The molecule has 0 aliphatic carbocycles. The van der Waals surface area contributed by atoms with Gasteiger partial charge in [0.2, 0.25) is 0 Å². The van der Waals surface area contributed by atoms with Crippen LogP contribution >= 0.6 is 0 Å². The molecule has 0 bridgehead atoms. The maximum atomic E-state index is 13.1. The van der Waals surface area contributed by atoms with E-state index in [9.17, 15) is 4.79 Å². The Balaban J connectivity index is 1.88. The molecule has 0 spiro atoms. The fraction of sp³-hybridized carbons (Fsp3) is 0.300. The van der Waals surface area contributed by atoms with Crippen LogP contribution in [0.3, 0.4) is 0 Å². The zero-order valence-corrected chi connectivity index (χ0v) is 13.7. The third-order valence-corrected chi connectivity index (χ3v) is 4.67. The minimum absolute atomic E-state index is 0.0128. The molecule has 4 nitrogen and oxygen atoms in total. The Morgan fingerprint density at radius 1 is 0.875 bits per heavy atom. The zero-order chi connectivity index (χ0) is 16.4. The summed E-state index contributed by atoms with van der Waals surface area (Å²) in [5.41, 5.74) is 1.67. The highest BCUT2D eigenvalue weighted by Crippen LogP contribution is 2.16. The van der Waals surface area contributed by atoms with Gasteiger partial charge in [-0.25, -0.2) is 4.98 Å². The lowest BCUT2D eigenvalue weighted by Gasteiger charge is -2.27. The molecule has 4 heteroatoms. The number of hydrogen-bond donors (Lipinski definition) is 0. The Bertz CT molecular complexity index is 896. The molecule has 122 valence electrons. The van der Waals surface area contributed by atoms with Gasteiger partial charge in [0.25, 0.3) is 5.56 Å². The summed E-state index contributed by atoms with van der Waals surface area (Å²) < 4.78 is 1.77. The number of likely N-dealkylation sites (tertiary alicyclic amines) is 1. The van der Waals surface area contributed by atoms with Crippen molar-refractivity contribution in [3.63, 3.8) is 0 Å². The van der Waals surface area contributed by atoms with E-state index < -0.39 is 0 Å². The monoisotopic (exact) mass is 319 g/mol. The number of fused-ring (bicyclic) bond motifs is 1. The van der Waals surface area contributed by atoms with Crippen molar-refractivity contribution in [3.05, 3.63) is 70.8 Å². The summed E-state index contributed by atoms with van der Waals surface area (Å²) in [6.45, 7) is 2.88. The Hall–Kier alpha value is -2.46. The second-order valence-corrected chi connectivity index (χ2v) is 6.36. The second-order valence-electron chi connectivity index (χ2n) is 6.36. The molecular formula is C20H21N3O. The third-order valence-electron chi connectivity index (χ3n) is 4.67. The maximum absolute atomic E-state index is 13.1. The number of rotatable bonds is 3. The first-order chi connectivity index (χ1) is 11.8. The summed E-state index contributed by atoms with van der Waals surface area (Å²) in [6.07, 6.45) is 3.75. The van der Waals surface area contributed by atoms with Gasteiger partial charge in [0, 0.05) is 0 Å². The molecule has 0 N–H and O–H groups in total. The largest absolute Gasteiger partial charge is 0.296 e. The molecule has 0 radical (unpaired) electrons. The first-order valence-electron chi connectivity index (χ1n) is 8.61. The molecule has 3 aromatic rings. The topological polar surface area (TPSA) is 38.1 Å². The van der Waals surface area contributed by atoms with E-state index in [1.54, 1.807) is 4.57 Å². The van der Waals surface area contributed by atoms with Gasteiger partial charge in [-0.1, -0.05) is 36.8 Å². The fourth-order valence-corrected chi connectivity index (χ4v) is 3.45. The van der Waals surface area contributed by atoms with E-state index in [0.717, 1.165) is 36.7 Å². The second kappa shape index (κ2) is 6.57. The van der Waals surface area contributed by atoms with E-state index in [0.29, 0.717) is 5.39 Å².